The zero-order valence-electron chi connectivity index (χ0n) is 5.83. The maximum atomic E-state index is 8.80. The summed E-state index contributed by atoms with van der Waals surface area (Å²) >= 11 is 1.29. The molecule has 0 saturated heterocycles. The summed E-state index contributed by atoms with van der Waals surface area (Å²) in [6.45, 7) is 3.58. The molecule has 5 heteroatoms. The monoisotopic (exact) mass is 157 g/mol. The van der Waals surface area contributed by atoms with Gasteiger partial charge in [-0.2, -0.15) is 4.37 Å². The molecule has 1 aromatic rings. The fourth-order valence-electron chi connectivity index (χ4n) is 0.859. The zero-order valence-corrected chi connectivity index (χ0v) is 6.64. The van der Waals surface area contributed by atoms with Crippen LogP contribution in [-0.2, 0) is 0 Å². The Bertz CT molecular complexity index is 216. The number of hydrogen-bond acceptors (Lipinski definition) is 4. The minimum atomic E-state index is -1.38. The van der Waals surface area contributed by atoms with Gasteiger partial charge in [0.25, 0.3) is 0 Å². The standard InChI is InChI=1S/C5H8BNO2S/c1-3-5(6(8)9)4(2)10-7-3/h8-9H,1-2H3. The van der Waals surface area contributed by atoms with Gasteiger partial charge in [0.15, 0.2) is 0 Å². The van der Waals surface area contributed by atoms with Gasteiger partial charge >= 0.3 is 7.12 Å². The number of hydrogen-bond donors (Lipinski definition) is 2. The van der Waals surface area contributed by atoms with Gasteiger partial charge in [-0.15, -0.1) is 0 Å². The molecule has 0 bridgehead atoms. The Labute approximate surface area is 63.6 Å². The minimum absolute atomic E-state index is 0.546. The van der Waals surface area contributed by atoms with E-state index >= 15 is 0 Å². The van der Waals surface area contributed by atoms with Crippen LogP contribution in [0.2, 0.25) is 0 Å². The first kappa shape index (κ1) is 7.72. The quantitative estimate of drug-likeness (QED) is 0.537. The molecule has 0 atom stereocenters. The second-order valence-corrected chi connectivity index (χ2v) is 3.09. The summed E-state index contributed by atoms with van der Waals surface area (Å²) in [5.74, 6) is 0. The van der Waals surface area contributed by atoms with E-state index in [1.807, 2.05) is 6.92 Å². The first-order valence-corrected chi connectivity index (χ1v) is 3.69. The van der Waals surface area contributed by atoms with Crippen LogP contribution in [0.25, 0.3) is 0 Å². The van der Waals surface area contributed by atoms with E-state index in [0.717, 1.165) is 4.88 Å². The van der Waals surface area contributed by atoms with Gasteiger partial charge in [-0.05, 0) is 25.4 Å². The highest BCUT2D eigenvalue weighted by atomic mass is 32.1. The average Bonchev–Trinajstić information content (AvgIpc) is 2.11. The first-order valence-electron chi connectivity index (χ1n) is 2.92. The van der Waals surface area contributed by atoms with Crippen LogP contribution in [0.1, 0.15) is 10.6 Å². The molecule has 0 aliphatic rings. The summed E-state index contributed by atoms with van der Waals surface area (Å²) < 4.78 is 3.96. The molecule has 0 spiro atoms. The van der Waals surface area contributed by atoms with Crippen LogP contribution in [0.5, 0.6) is 0 Å². The molecule has 0 fully saturated rings. The van der Waals surface area contributed by atoms with Crippen molar-refractivity contribution < 1.29 is 10.0 Å². The van der Waals surface area contributed by atoms with E-state index in [1.165, 1.54) is 11.5 Å². The number of aryl methyl sites for hydroxylation is 2. The molecular formula is C5H8BNO2S. The maximum absolute atomic E-state index is 8.80. The fraction of sp³-hybridized carbons (Fsp3) is 0.400. The van der Waals surface area contributed by atoms with E-state index in [0.29, 0.717) is 11.2 Å². The lowest BCUT2D eigenvalue weighted by Gasteiger charge is -1.95. The van der Waals surface area contributed by atoms with Gasteiger partial charge < -0.3 is 10.0 Å². The second kappa shape index (κ2) is 2.69. The number of aromatic nitrogens is 1. The molecule has 54 valence electrons. The third-order valence-electron chi connectivity index (χ3n) is 1.35. The van der Waals surface area contributed by atoms with Gasteiger partial charge in [0.1, 0.15) is 0 Å². The lowest BCUT2D eigenvalue weighted by atomic mass is 9.79. The van der Waals surface area contributed by atoms with Gasteiger partial charge in [0, 0.05) is 10.3 Å². The van der Waals surface area contributed by atoms with Gasteiger partial charge in [-0.3, -0.25) is 0 Å². The van der Waals surface area contributed by atoms with Crippen LogP contribution in [0, 0.1) is 13.8 Å². The fourth-order valence-corrected chi connectivity index (χ4v) is 1.58. The maximum Gasteiger partial charge on any atom is 0.491 e. The number of rotatable bonds is 1. The van der Waals surface area contributed by atoms with Crippen molar-refractivity contribution in [2.75, 3.05) is 0 Å². The minimum Gasteiger partial charge on any atom is -0.423 e. The summed E-state index contributed by atoms with van der Waals surface area (Å²) in [7, 11) is -1.38. The molecule has 0 aromatic carbocycles. The Kier molecular flexibility index (Phi) is 2.08. The van der Waals surface area contributed by atoms with Gasteiger partial charge in [-0.1, -0.05) is 0 Å². The van der Waals surface area contributed by atoms with Crippen LogP contribution >= 0.6 is 11.5 Å². The molecule has 0 aliphatic heterocycles. The summed E-state index contributed by atoms with van der Waals surface area (Å²) in [6.07, 6.45) is 0. The van der Waals surface area contributed by atoms with Crippen LogP contribution < -0.4 is 5.46 Å². The molecule has 2 N–H and O–H groups in total. The Morgan fingerprint density at radius 1 is 1.40 bits per heavy atom. The SMILES string of the molecule is Cc1nsc(C)c1B(O)O. The Hall–Kier alpha value is -0.385. The third kappa shape index (κ3) is 1.21. The van der Waals surface area contributed by atoms with Gasteiger partial charge in [0.05, 0.1) is 5.69 Å². The van der Waals surface area contributed by atoms with Crippen molar-refractivity contribution in [3.05, 3.63) is 10.6 Å². The Morgan fingerprint density at radius 2 is 2.00 bits per heavy atom. The van der Waals surface area contributed by atoms with E-state index < -0.39 is 7.12 Å². The van der Waals surface area contributed by atoms with E-state index in [4.69, 9.17) is 10.0 Å². The summed E-state index contributed by atoms with van der Waals surface area (Å²) in [5.41, 5.74) is 1.25. The smallest absolute Gasteiger partial charge is 0.423 e. The molecule has 0 saturated carbocycles. The molecule has 0 unspecified atom stereocenters. The molecule has 10 heavy (non-hydrogen) atoms. The van der Waals surface area contributed by atoms with Crippen LogP contribution in [0.3, 0.4) is 0 Å². The molecule has 3 nitrogen and oxygen atoms in total. The number of nitrogens with zero attached hydrogens (tertiary/aromatic N) is 1. The van der Waals surface area contributed by atoms with Crippen molar-refractivity contribution >= 4 is 24.1 Å². The molecule has 1 rings (SSSR count). The molecule has 1 aromatic heterocycles. The van der Waals surface area contributed by atoms with Crippen LogP contribution in [-0.4, -0.2) is 21.5 Å². The van der Waals surface area contributed by atoms with Crippen molar-refractivity contribution in [3.63, 3.8) is 0 Å². The van der Waals surface area contributed by atoms with Gasteiger partial charge in [0.2, 0.25) is 0 Å². The van der Waals surface area contributed by atoms with Crippen LogP contribution in [0.4, 0.5) is 0 Å². The van der Waals surface area contributed by atoms with Gasteiger partial charge in [-0.25, -0.2) is 0 Å². The topological polar surface area (TPSA) is 53.4 Å². The predicted octanol–water partition coefficient (Wildman–Crippen LogP) is -0.560. The van der Waals surface area contributed by atoms with Crippen LogP contribution in [0.15, 0.2) is 0 Å². The highest BCUT2D eigenvalue weighted by Crippen LogP contribution is 2.04. The van der Waals surface area contributed by atoms with E-state index in [1.54, 1.807) is 6.92 Å². The largest absolute Gasteiger partial charge is 0.491 e. The Morgan fingerprint density at radius 3 is 2.20 bits per heavy atom. The average molecular weight is 157 g/mol. The second-order valence-electron chi connectivity index (χ2n) is 2.11. The third-order valence-corrected chi connectivity index (χ3v) is 2.21. The molecule has 0 aliphatic carbocycles. The highest BCUT2D eigenvalue weighted by Gasteiger charge is 2.18. The zero-order chi connectivity index (χ0) is 7.72. The van der Waals surface area contributed by atoms with Crippen molar-refractivity contribution in [1.82, 2.24) is 4.37 Å². The van der Waals surface area contributed by atoms with E-state index in [-0.39, 0.29) is 0 Å². The van der Waals surface area contributed by atoms with E-state index in [2.05, 4.69) is 4.37 Å². The Balaban J connectivity index is 3.10. The normalized spacial score (nSPS) is 10.0. The summed E-state index contributed by atoms with van der Waals surface area (Å²) in [6, 6.07) is 0. The summed E-state index contributed by atoms with van der Waals surface area (Å²) in [5, 5.41) is 17.6. The van der Waals surface area contributed by atoms with Crippen molar-refractivity contribution in [3.8, 4) is 0 Å². The molecular weight excluding hydrogens is 149 g/mol. The lowest BCUT2D eigenvalue weighted by molar-refractivity contribution is 0.425. The lowest BCUT2D eigenvalue weighted by Crippen LogP contribution is -2.32. The van der Waals surface area contributed by atoms with Crippen molar-refractivity contribution in [2.24, 2.45) is 0 Å². The van der Waals surface area contributed by atoms with E-state index in [9.17, 15) is 0 Å². The van der Waals surface area contributed by atoms with Crippen molar-refractivity contribution in [2.45, 2.75) is 13.8 Å². The predicted molar refractivity (Wildman–Crippen MR) is 41.4 cm³/mol. The summed E-state index contributed by atoms with van der Waals surface area (Å²) in [4.78, 5) is 0.868. The molecule has 0 amide bonds. The highest BCUT2D eigenvalue weighted by molar-refractivity contribution is 7.07. The molecule has 1 heterocycles. The molecule has 0 radical (unpaired) electrons. The van der Waals surface area contributed by atoms with Crippen molar-refractivity contribution in [1.29, 1.82) is 0 Å². The first-order chi connectivity index (χ1) is 4.63.